The molecule has 0 fully saturated rings. The molecule has 7 nitrogen and oxygen atoms in total. The minimum absolute atomic E-state index is 0.0474. The van der Waals surface area contributed by atoms with Crippen LogP contribution in [0.5, 0.6) is 0 Å². The molecule has 0 aliphatic carbocycles. The standard InChI is InChI=1S/C23H20ClN3O4S/c24-20-10-7-17(23(29)26-19-8-5-16(6-9-19)22(25)28)13-21(20)32(30,31)27-12-11-15-3-1-2-4-18(15)14-27/h1-10,13H,11-12,14H2,(H2,25,28)(H,26,29). The van der Waals surface area contributed by atoms with Gasteiger partial charge in [-0.1, -0.05) is 35.9 Å². The van der Waals surface area contributed by atoms with Crippen LogP contribution in [0.4, 0.5) is 5.69 Å². The minimum Gasteiger partial charge on any atom is -0.366 e. The highest BCUT2D eigenvalue weighted by atomic mass is 35.5. The minimum atomic E-state index is -3.91. The molecular weight excluding hydrogens is 450 g/mol. The number of rotatable bonds is 5. The molecule has 1 heterocycles. The van der Waals surface area contributed by atoms with Crippen molar-refractivity contribution >= 4 is 39.1 Å². The van der Waals surface area contributed by atoms with Crippen LogP contribution >= 0.6 is 11.6 Å². The summed E-state index contributed by atoms with van der Waals surface area (Å²) in [6, 6.07) is 17.9. The van der Waals surface area contributed by atoms with E-state index < -0.39 is 21.8 Å². The van der Waals surface area contributed by atoms with Crippen molar-refractivity contribution in [3.8, 4) is 0 Å². The number of nitrogens with one attached hydrogen (secondary N) is 1. The molecule has 3 aromatic carbocycles. The first-order chi connectivity index (χ1) is 15.3. The highest BCUT2D eigenvalue weighted by Gasteiger charge is 2.30. The van der Waals surface area contributed by atoms with Crippen molar-refractivity contribution in [2.75, 3.05) is 11.9 Å². The Bertz CT molecular complexity index is 1310. The largest absolute Gasteiger partial charge is 0.366 e. The second-order valence-corrected chi connectivity index (χ2v) is 9.71. The Hall–Kier alpha value is -3.20. The number of primary amides is 1. The van der Waals surface area contributed by atoms with Gasteiger partial charge in [0.2, 0.25) is 15.9 Å². The zero-order valence-electron chi connectivity index (χ0n) is 16.9. The molecule has 1 aliphatic heterocycles. The molecule has 0 atom stereocenters. The summed E-state index contributed by atoms with van der Waals surface area (Å²) in [6.07, 6.45) is 0.606. The Kier molecular flexibility index (Phi) is 6.01. The lowest BCUT2D eigenvalue weighted by atomic mass is 10.0. The Morgan fingerprint density at radius 2 is 1.59 bits per heavy atom. The van der Waals surface area contributed by atoms with Crippen molar-refractivity contribution in [3.05, 3.63) is 94.0 Å². The highest BCUT2D eigenvalue weighted by molar-refractivity contribution is 7.89. The molecule has 32 heavy (non-hydrogen) atoms. The molecule has 2 amide bonds. The summed E-state index contributed by atoms with van der Waals surface area (Å²) >= 11 is 6.23. The number of halogens is 1. The summed E-state index contributed by atoms with van der Waals surface area (Å²) in [5.74, 6) is -1.08. The SMILES string of the molecule is NC(=O)c1ccc(NC(=O)c2ccc(Cl)c(S(=O)(=O)N3CCc4ccccc4C3)c2)cc1. The molecule has 0 aromatic heterocycles. The van der Waals surface area contributed by atoms with Gasteiger partial charge in [0.15, 0.2) is 0 Å². The number of fused-ring (bicyclic) bond motifs is 1. The van der Waals surface area contributed by atoms with E-state index in [1.54, 1.807) is 0 Å². The molecule has 4 rings (SSSR count). The monoisotopic (exact) mass is 469 g/mol. The van der Waals surface area contributed by atoms with Gasteiger partial charge >= 0.3 is 0 Å². The van der Waals surface area contributed by atoms with Gasteiger partial charge in [-0.2, -0.15) is 4.31 Å². The maximum Gasteiger partial charge on any atom is 0.255 e. The number of hydrogen-bond donors (Lipinski definition) is 2. The second-order valence-electron chi connectivity index (χ2n) is 7.40. The fourth-order valence-corrected chi connectivity index (χ4v) is 5.50. The molecule has 3 N–H and O–H groups in total. The fraction of sp³-hybridized carbons (Fsp3) is 0.130. The normalized spacial score (nSPS) is 13.9. The topological polar surface area (TPSA) is 110 Å². The molecule has 9 heteroatoms. The van der Waals surface area contributed by atoms with Gasteiger partial charge in [-0.25, -0.2) is 8.42 Å². The lowest BCUT2D eigenvalue weighted by molar-refractivity contribution is 0.0998. The number of amides is 2. The first kappa shape index (κ1) is 22.0. The quantitative estimate of drug-likeness (QED) is 0.596. The van der Waals surface area contributed by atoms with Gasteiger partial charge in [-0.3, -0.25) is 9.59 Å². The van der Waals surface area contributed by atoms with Gasteiger partial charge in [0, 0.05) is 29.9 Å². The van der Waals surface area contributed by atoms with E-state index in [1.165, 1.54) is 46.8 Å². The maximum absolute atomic E-state index is 13.3. The van der Waals surface area contributed by atoms with Crippen LogP contribution in [-0.2, 0) is 23.0 Å². The molecule has 0 spiro atoms. The van der Waals surface area contributed by atoms with Crippen LogP contribution < -0.4 is 11.1 Å². The van der Waals surface area contributed by atoms with Crippen LogP contribution in [0.3, 0.4) is 0 Å². The van der Waals surface area contributed by atoms with E-state index >= 15 is 0 Å². The molecular formula is C23H20ClN3O4S. The zero-order valence-corrected chi connectivity index (χ0v) is 18.5. The van der Waals surface area contributed by atoms with E-state index in [9.17, 15) is 18.0 Å². The molecule has 1 aliphatic rings. The van der Waals surface area contributed by atoms with Crippen molar-refractivity contribution in [3.63, 3.8) is 0 Å². The molecule has 164 valence electrons. The number of nitrogens with two attached hydrogens (primary N) is 1. The molecule has 0 radical (unpaired) electrons. The smallest absolute Gasteiger partial charge is 0.255 e. The maximum atomic E-state index is 13.3. The second kappa shape index (κ2) is 8.74. The molecule has 0 saturated carbocycles. The van der Waals surface area contributed by atoms with Gasteiger partial charge < -0.3 is 11.1 Å². The average Bonchev–Trinajstić information content (AvgIpc) is 2.79. The third-order valence-corrected chi connectivity index (χ3v) is 7.66. The summed E-state index contributed by atoms with van der Waals surface area (Å²) in [5, 5.41) is 2.72. The van der Waals surface area contributed by atoms with Crippen molar-refractivity contribution < 1.29 is 18.0 Å². The number of hydrogen-bond acceptors (Lipinski definition) is 4. The molecule has 0 bridgehead atoms. The number of carbonyl (C=O) groups is 2. The van der Waals surface area contributed by atoms with E-state index in [2.05, 4.69) is 5.32 Å². The van der Waals surface area contributed by atoms with Gasteiger partial charge in [0.25, 0.3) is 5.91 Å². The van der Waals surface area contributed by atoms with Gasteiger partial charge in [0.1, 0.15) is 4.90 Å². The van der Waals surface area contributed by atoms with E-state index in [1.807, 2.05) is 24.3 Å². The predicted molar refractivity (Wildman–Crippen MR) is 122 cm³/mol. The predicted octanol–water partition coefficient (Wildman–Crippen LogP) is 3.44. The van der Waals surface area contributed by atoms with E-state index in [-0.39, 0.29) is 22.0 Å². The number of benzene rings is 3. The first-order valence-corrected chi connectivity index (χ1v) is 11.7. The zero-order chi connectivity index (χ0) is 22.9. The van der Waals surface area contributed by atoms with Crippen molar-refractivity contribution in [1.29, 1.82) is 0 Å². The lowest BCUT2D eigenvalue weighted by Crippen LogP contribution is -2.36. The summed E-state index contributed by atoms with van der Waals surface area (Å²) < 4.78 is 28.0. The number of carbonyl (C=O) groups excluding carboxylic acids is 2. The van der Waals surface area contributed by atoms with E-state index in [0.29, 0.717) is 24.2 Å². The molecule has 0 saturated heterocycles. The number of anilines is 1. The van der Waals surface area contributed by atoms with E-state index in [4.69, 9.17) is 17.3 Å². The summed E-state index contributed by atoms with van der Waals surface area (Å²) in [4.78, 5) is 23.8. The first-order valence-electron chi connectivity index (χ1n) is 9.83. The summed E-state index contributed by atoms with van der Waals surface area (Å²) in [7, 11) is -3.91. The van der Waals surface area contributed by atoms with E-state index in [0.717, 1.165) is 11.1 Å². The molecule has 0 unspecified atom stereocenters. The summed E-state index contributed by atoms with van der Waals surface area (Å²) in [5.41, 5.74) is 8.18. The van der Waals surface area contributed by atoms with Crippen molar-refractivity contribution in [1.82, 2.24) is 4.31 Å². The lowest BCUT2D eigenvalue weighted by Gasteiger charge is -2.28. The van der Waals surface area contributed by atoms with Crippen LogP contribution in [-0.4, -0.2) is 31.1 Å². The Labute approximate surface area is 190 Å². The van der Waals surface area contributed by atoms with Crippen LogP contribution in [0.1, 0.15) is 31.8 Å². The number of sulfonamides is 1. The van der Waals surface area contributed by atoms with Crippen molar-refractivity contribution in [2.24, 2.45) is 5.73 Å². The van der Waals surface area contributed by atoms with Crippen molar-refractivity contribution in [2.45, 2.75) is 17.9 Å². The van der Waals surface area contributed by atoms with Gasteiger partial charge in [-0.15, -0.1) is 0 Å². The third kappa shape index (κ3) is 4.38. The van der Waals surface area contributed by atoms with Crippen LogP contribution in [0.25, 0.3) is 0 Å². The third-order valence-electron chi connectivity index (χ3n) is 5.33. The average molecular weight is 470 g/mol. The van der Waals surface area contributed by atoms with Crippen LogP contribution in [0.2, 0.25) is 5.02 Å². The van der Waals surface area contributed by atoms with Gasteiger partial charge in [-0.05, 0) is 60.0 Å². The Morgan fingerprint density at radius 3 is 2.28 bits per heavy atom. The Morgan fingerprint density at radius 1 is 0.938 bits per heavy atom. The Balaban J connectivity index is 1.58. The number of nitrogens with zero attached hydrogens (tertiary/aromatic N) is 1. The van der Waals surface area contributed by atoms with Crippen LogP contribution in [0, 0.1) is 0 Å². The highest BCUT2D eigenvalue weighted by Crippen LogP contribution is 2.30. The van der Waals surface area contributed by atoms with Crippen LogP contribution in [0.15, 0.2) is 71.6 Å². The summed E-state index contributed by atoms with van der Waals surface area (Å²) in [6.45, 7) is 0.579. The van der Waals surface area contributed by atoms with Gasteiger partial charge in [0.05, 0.1) is 5.02 Å². The fourth-order valence-electron chi connectivity index (χ4n) is 3.58. The molecule has 3 aromatic rings.